The highest BCUT2D eigenvalue weighted by atomic mass is 31.2. The first-order valence-corrected chi connectivity index (χ1v) is 49.0. The Hall–Kier alpha value is -7.76. The zero-order valence-electron chi connectivity index (χ0n) is 75.3. The molecule has 756 valence electrons. The predicted octanol–water partition coefficient (Wildman–Crippen LogP) is 5.42. The Labute approximate surface area is 776 Å². The molecule has 2 fully saturated rings. The van der Waals surface area contributed by atoms with Crippen LogP contribution in [0.1, 0.15) is 77.3 Å². The minimum absolute atomic E-state index is 0.000105. The first-order chi connectivity index (χ1) is 65.2. The Kier molecular flexibility index (Phi) is 51.4. The Balaban J connectivity index is 0.727. The van der Waals surface area contributed by atoms with Crippen LogP contribution in [0.25, 0.3) is 39.5 Å². The lowest BCUT2D eigenvalue weighted by atomic mass is 9.89. The van der Waals surface area contributed by atoms with E-state index in [1.165, 1.54) is 67.9 Å². The molecule has 5 heterocycles. The first-order valence-electron chi connectivity index (χ1n) is 43.1. The number of fused-ring (bicyclic) bond motifs is 2. The van der Waals surface area contributed by atoms with Gasteiger partial charge in [0.2, 0.25) is 5.91 Å². The minimum Gasteiger partial charge on any atom is -0.508 e. The summed E-state index contributed by atoms with van der Waals surface area (Å²) < 4.78 is 204. The Morgan fingerprint density at radius 3 is 1.47 bits per heavy atom. The second-order valence-electron chi connectivity index (χ2n) is 28.8. The number of aromatic nitrogens is 4. The molecular formula is C82H121N7O42P4. The molecule has 3 aliphatic heterocycles. The van der Waals surface area contributed by atoms with Gasteiger partial charge in [-0.05, 0) is 73.0 Å². The van der Waals surface area contributed by atoms with Crippen molar-refractivity contribution in [2.24, 2.45) is 0 Å². The Morgan fingerprint density at radius 1 is 0.526 bits per heavy atom. The van der Waals surface area contributed by atoms with Crippen molar-refractivity contribution < 1.29 is 178 Å². The van der Waals surface area contributed by atoms with Crippen molar-refractivity contribution in [2.75, 3.05) is 259 Å². The number of anilines is 1. The van der Waals surface area contributed by atoms with Crippen LogP contribution in [-0.4, -0.2) is 335 Å². The largest absolute Gasteiger partial charge is 0.508 e. The van der Waals surface area contributed by atoms with E-state index in [4.69, 9.17) is 136 Å². The van der Waals surface area contributed by atoms with Gasteiger partial charge in [-0.3, -0.25) is 87.6 Å². The summed E-state index contributed by atoms with van der Waals surface area (Å²) >= 11 is 0. The molecule has 53 heteroatoms. The number of phenols is 1. The van der Waals surface area contributed by atoms with Gasteiger partial charge >= 0.3 is 48.6 Å². The van der Waals surface area contributed by atoms with Crippen LogP contribution in [0, 0.1) is 0 Å². The van der Waals surface area contributed by atoms with Crippen LogP contribution in [0.2, 0.25) is 0 Å². The number of H-pyrrole nitrogens is 1. The zero-order chi connectivity index (χ0) is 97.1. The molecule has 0 bridgehead atoms. The molecule has 0 spiro atoms. The fourth-order valence-electron chi connectivity index (χ4n) is 12.7. The maximum absolute atomic E-state index is 14.2. The number of ether oxygens (including phenoxy) is 14. The number of nitrogens with one attached hydrogen (secondary N) is 3. The highest BCUT2D eigenvalue weighted by Gasteiger charge is 2.45. The van der Waals surface area contributed by atoms with Crippen LogP contribution in [0.3, 0.4) is 0 Å². The van der Waals surface area contributed by atoms with Crippen LogP contribution >= 0.6 is 31.3 Å². The third kappa shape index (κ3) is 40.2. The van der Waals surface area contributed by atoms with Crippen LogP contribution in [0.4, 0.5) is 5.82 Å². The molecular weight excluding hydrogens is 1880 g/mol. The molecule has 0 saturated carbocycles. The number of benzene rings is 3. The number of carboxylic acids is 1. The number of aromatic amines is 1. The van der Waals surface area contributed by atoms with Gasteiger partial charge in [-0.2, -0.15) is 4.98 Å². The highest BCUT2D eigenvalue weighted by molar-refractivity contribution is 7.49. The van der Waals surface area contributed by atoms with Gasteiger partial charge in [0.15, 0.2) is 5.43 Å². The van der Waals surface area contributed by atoms with Gasteiger partial charge < -0.3 is 108 Å². The second kappa shape index (κ2) is 61.6. The van der Waals surface area contributed by atoms with Crippen LogP contribution in [0.15, 0.2) is 103 Å². The summed E-state index contributed by atoms with van der Waals surface area (Å²) in [4.78, 5) is 96.5. The number of hydrogen-bond acceptors (Lipinski definition) is 43. The Morgan fingerprint density at radius 2 is 0.985 bits per heavy atom. The molecule has 4 aromatic rings. The fraction of sp³-hybridized carbons (Fsp3) is 0.610. The van der Waals surface area contributed by atoms with E-state index >= 15 is 0 Å². The van der Waals surface area contributed by atoms with Crippen molar-refractivity contribution in [1.82, 2.24) is 29.7 Å². The average Bonchev–Trinajstić information content (AvgIpc) is 1.71. The van der Waals surface area contributed by atoms with Crippen LogP contribution in [0.5, 0.6) is 5.75 Å². The number of nitrogens with two attached hydrogens (primary N) is 1. The number of nitrogens with zero attached hydrogens (tertiary/aromatic N) is 3. The molecule has 2 aromatic carbocycles. The summed E-state index contributed by atoms with van der Waals surface area (Å²) in [5.41, 5.74) is 3.68. The number of rotatable bonds is 75. The molecule has 4 unspecified atom stereocenters. The lowest BCUT2D eigenvalue weighted by Gasteiger charge is -2.24. The van der Waals surface area contributed by atoms with Crippen molar-refractivity contribution >= 4 is 71.9 Å². The van der Waals surface area contributed by atoms with Crippen LogP contribution < -0.4 is 38.7 Å². The first kappa shape index (κ1) is 113. The third-order valence-corrected chi connectivity index (χ3v) is 25.1. The predicted molar refractivity (Wildman–Crippen MR) is 475 cm³/mol. The molecule has 135 heavy (non-hydrogen) atoms. The molecule has 2 amide bonds. The number of phosphoric acid groups is 4. The van der Waals surface area contributed by atoms with E-state index in [0.29, 0.717) is 88.4 Å². The number of aliphatic hydroxyl groups excluding tert-OH is 2. The van der Waals surface area contributed by atoms with E-state index in [-0.39, 0.29) is 228 Å². The van der Waals surface area contributed by atoms with Crippen molar-refractivity contribution in [2.45, 2.75) is 75.4 Å². The number of carbonyl (C=O) groups is 3. The number of aliphatic hydroxyl groups is 2. The number of unbranched alkanes of at least 4 members (excludes halogenated alkanes) is 3. The third-order valence-electron chi connectivity index (χ3n) is 19.3. The van der Waals surface area contributed by atoms with Gasteiger partial charge in [-0.15, -0.1) is 0 Å². The summed E-state index contributed by atoms with van der Waals surface area (Å²) in [6.07, 6.45) is -0.364. The van der Waals surface area contributed by atoms with Gasteiger partial charge in [0.25, 0.3) is 11.5 Å². The SMILES string of the molecule is COP(=O)(OCCOCCOCCOCCOCCOCCO)OCCOCCOCCOCCOCCOCCOP(=O)(OC)OC[C@H]1O[C@@H](n2cc(/C=C/C(=O)NCCCCCCNC(=O)c3ccc(C(=O)O)c(-c4c5ccc(=O)cc-5oc5cc(O)ccc45)c3)c(=O)[nH]c2=O)C[C@H]1OP(=O)(OC)OCCOCCOCCOP(=O)(OC)OC[C@H]1O[C@@H](n2ccc(N)nc2=O)C[C@H]1O. The van der Waals surface area contributed by atoms with Gasteiger partial charge in [0.05, 0.1) is 229 Å². The molecule has 10 atom stereocenters. The summed E-state index contributed by atoms with van der Waals surface area (Å²) in [5, 5.41) is 45.8. The molecule has 49 nitrogen and oxygen atoms in total. The van der Waals surface area contributed by atoms with Crippen molar-refractivity contribution in [1.29, 1.82) is 0 Å². The number of carbonyl (C=O) groups excluding carboxylic acids is 2. The van der Waals surface area contributed by atoms with E-state index in [9.17, 15) is 67.1 Å². The molecule has 2 saturated heterocycles. The summed E-state index contributed by atoms with van der Waals surface area (Å²) in [6, 6.07) is 13.9. The normalized spacial score (nSPS) is 18.1. The standard InChI is InChI=1S/C82H121N7O42P4/c1-105-132(101,121-46-41-116-36-33-113-30-27-111-26-25-110-24-23-109-22-21-90)122-47-42-117-37-34-114-31-28-112-29-32-115-35-38-118-44-49-124-134(103,107-3)127-58-72-70(131-135(104,108-4)125-50-45-120-40-39-119-43-48-123-133(102,106-2)126-57-71-67(93)54-75(129-71)88-20-17-73(83)86-81(88)99)55-76(130-72)89-56-60(79(96)87-82(89)100)10-16-74(94)84-18-7-5-6-8-19-85-78(95)59-9-13-63(80(97)98)66(51-59)77-64-14-11-61(91)52-68(64)128-69-53-62(92)12-15-65(69)77/h9-17,20,51-53,56,67,70-72,75-76,90-91,93H,5-8,18-19,21-50,54-55,57-58H2,1-4H3,(H,84,94)(H,85,95)(H,97,98)(H2,83,86,99)(H,87,96,100)/b16-10+/t67-,70-,71-,72-,75-,76-,132?,133?,134?,135?/m1/s1. The molecule has 1 aliphatic carbocycles. The highest BCUT2D eigenvalue weighted by Crippen LogP contribution is 2.55. The lowest BCUT2D eigenvalue weighted by Crippen LogP contribution is -2.33. The number of hydrogen-bond donors (Lipinski definition) is 8. The topological polar surface area (TPSA) is 610 Å². The molecule has 8 rings (SSSR count). The van der Waals surface area contributed by atoms with E-state index < -0.39 is 116 Å². The van der Waals surface area contributed by atoms with E-state index in [2.05, 4.69) is 20.6 Å². The number of carboxylic acid groups (broad SMARTS) is 1. The van der Waals surface area contributed by atoms with Crippen molar-refractivity contribution in [3.63, 3.8) is 0 Å². The zero-order valence-corrected chi connectivity index (χ0v) is 78.9. The average molecular weight is 2000 g/mol. The van der Waals surface area contributed by atoms with Crippen molar-refractivity contribution in [3.8, 4) is 28.2 Å². The maximum atomic E-state index is 14.2. The van der Waals surface area contributed by atoms with Gasteiger partial charge in [0, 0.05) is 107 Å². The Bertz CT molecular complexity index is 5010. The number of aromatic carboxylic acids is 1. The number of amides is 2. The lowest BCUT2D eigenvalue weighted by molar-refractivity contribution is -0.116. The minimum atomic E-state index is -4.57. The fourth-order valence-corrected chi connectivity index (χ4v) is 16.5. The summed E-state index contributed by atoms with van der Waals surface area (Å²) in [6.45, 7) is 2.95. The quantitative estimate of drug-likeness (QED) is 0.0102. The van der Waals surface area contributed by atoms with E-state index in [0.717, 1.165) is 48.8 Å². The van der Waals surface area contributed by atoms with Crippen molar-refractivity contribution in [3.05, 3.63) is 137 Å². The maximum Gasteiger partial charge on any atom is 0.474 e. The van der Waals surface area contributed by atoms with Gasteiger partial charge in [0.1, 0.15) is 53.7 Å². The number of phenolic OH excluding ortho intramolecular Hbond substituents is 1. The monoisotopic (exact) mass is 2000 g/mol. The smallest absolute Gasteiger partial charge is 0.474 e. The molecule has 2 aromatic heterocycles. The molecule has 0 radical (unpaired) electrons. The van der Waals surface area contributed by atoms with E-state index in [1.807, 2.05) is 0 Å². The number of aromatic hydroxyl groups is 1. The number of phosphoric ester groups is 4. The number of nitrogen functional groups attached to an aromatic ring is 1. The summed E-state index contributed by atoms with van der Waals surface area (Å²) in [5.74, 6) is -2.31. The van der Waals surface area contributed by atoms with E-state index in [1.54, 1.807) is 6.07 Å². The summed E-state index contributed by atoms with van der Waals surface area (Å²) in [7, 11) is -12.6. The van der Waals surface area contributed by atoms with Gasteiger partial charge in [-0.1, -0.05) is 12.8 Å². The molecule has 9 N–H and O–H groups in total. The van der Waals surface area contributed by atoms with Gasteiger partial charge in [-0.25, -0.2) is 32.6 Å². The second-order valence-corrected chi connectivity index (χ2v) is 35.8. The van der Waals surface area contributed by atoms with Crippen LogP contribution in [-0.2, 0) is 144 Å². The molecule has 4 aliphatic rings.